The van der Waals surface area contributed by atoms with Crippen molar-refractivity contribution < 1.29 is 32.6 Å². The third-order valence-electron chi connectivity index (χ3n) is 3.83. The average Bonchev–Trinajstić information content (AvgIpc) is 2.57. The Kier molecular flexibility index (Phi) is 6.30. The van der Waals surface area contributed by atoms with E-state index in [4.69, 9.17) is 9.84 Å². The SMILES string of the molecule is CCOc1ccc(NC(=O)N2CCNC(=O)[C@H]2CCO)cc1C(F)(F)F. The molecule has 0 bridgehead atoms. The summed E-state index contributed by atoms with van der Waals surface area (Å²) in [5, 5.41) is 14.0. The number of nitrogens with one attached hydrogen (secondary N) is 2. The molecule has 144 valence electrons. The Balaban J connectivity index is 2.21. The van der Waals surface area contributed by atoms with Gasteiger partial charge in [0.2, 0.25) is 5.91 Å². The standard InChI is InChI=1S/C16H20F3N3O4/c1-2-26-13-4-3-10(9-11(13)16(17,18)19)21-15(25)22-7-6-20-14(24)12(22)5-8-23/h3-4,9,12,23H,2,5-8H2,1H3,(H,20,24)(H,21,25)/t12-/m1/s1. The normalized spacial score (nSPS) is 17.7. The number of ether oxygens (including phenoxy) is 1. The third kappa shape index (κ3) is 4.57. The van der Waals surface area contributed by atoms with Gasteiger partial charge >= 0.3 is 12.2 Å². The minimum Gasteiger partial charge on any atom is -0.493 e. The van der Waals surface area contributed by atoms with Crippen molar-refractivity contribution in [1.82, 2.24) is 10.2 Å². The Morgan fingerprint density at radius 3 is 2.81 bits per heavy atom. The second-order valence-corrected chi connectivity index (χ2v) is 5.58. The molecule has 7 nitrogen and oxygen atoms in total. The van der Waals surface area contributed by atoms with E-state index in [9.17, 15) is 22.8 Å². The third-order valence-corrected chi connectivity index (χ3v) is 3.83. The van der Waals surface area contributed by atoms with Crippen LogP contribution >= 0.6 is 0 Å². The highest BCUT2D eigenvalue weighted by Crippen LogP contribution is 2.38. The van der Waals surface area contributed by atoms with E-state index in [1.807, 2.05) is 0 Å². The maximum atomic E-state index is 13.2. The van der Waals surface area contributed by atoms with Gasteiger partial charge in [0, 0.05) is 25.4 Å². The average molecular weight is 375 g/mol. The number of benzene rings is 1. The number of carbonyl (C=O) groups is 2. The lowest BCUT2D eigenvalue weighted by atomic mass is 10.1. The van der Waals surface area contributed by atoms with Crippen molar-refractivity contribution in [3.05, 3.63) is 23.8 Å². The lowest BCUT2D eigenvalue weighted by Crippen LogP contribution is -2.58. The maximum Gasteiger partial charge on any atom is 0.420 e. The molecule has 1 atom stereocenters. The number of anilines is 1. The van der Waals surface area contributed by atoms with Gasteiger partial charge in [-0.05, 0) is 31.5 Å². The molecule has 1 fully saturated rings. The quantitative estimate of drug-likeness (QED) is 0.732. The number of carbonyl (C=O) groups excluding carboxylic acids is 2. The number of piperazine rings is 1. The molecular weight excluding hydrogens is 355 g/mol. The molecule has 0 spiro atoms. The molecular formula is C16H20F3N3O4. The molecule has 0 aliphatic carbocycles. The van der Waals surface area contributed by atoms with E-state index in [1.54, 1.807) is 6.92 Å². The fraction of sp³-hybridized carbons (Fsp3) is 0.500. The predicted octanol–water partition coefficient (Wildman–Crippen LogP) is 1.82. The number of rotatable bonds is 5. The molecule has 10 heteroatoms. The number of hydrogen-bond donors (Lipinski definition) is 3. The molecule has 0 unspecified atom stereocenters. The van der Waals surface area contributed by atoms with Gasteiger partial charge in [0.1, 0.15) is 11.8 Å². The van der Waals surface area contributed by atoms with Crippen molar-refractivity contribution in [3.63, 3.8) is 0 Å². The molecule has 3 N–H and O–H groups in total. The first-order valence-corrected chi connectivity index (χ1v) is 8.08. The maximum absolute atomic E-state index is 13.2. The van der Waals surface area contributed by atoms with Gasteiger partial charge in [-0.3, -0.25) is 4.79 Å². The number of aliphatic hydroxyl groups is 1. The fourth-order valence-corrected chi connectivity index (χ4v) is 2.67. The Hall–Kier alpha value is -2.49. The van der Waals surface area contributed by atoms with Gasteiger partial charge in [-0.1, -0.05) is 0 Å². The first-order chi connectivity index (χ1) is 12.3. The summed E-state index contributed by atoms with van der Waals surface area (Å²) >= 11 is 0. The van der Waals surface area contributed by atoms with Crippen LogP contribution in [0.5, 0.6) is 5.75 Å². The number of aliphatic hydroxyl groups excluding tert-OH is 1. The van der Waals surface area contributed by atoms with Gasteiger partial charge in [-0.25, -0.2) is 4.79 Å². The second kappa shape index (κ2) is 8.26. The molecule has 1 heterocycles. The van der Waals surface area contributed by atoms with Crippen LogP contribution in [-0.4, -0.2) is 54.3 Å². The van der Waals surface area contributed by atoms with Crippen LogP contribution in [0.4, 0.5) is 23.7 Å². The van der Waals surface area contributed by atoms with Gasteiger partial charge in [0.15, 0.2) is 0 Å². The summed E-state index contributed by atoms with van der Waals surface area (Å²) in [5.41, 5.74) is -1.07. The second-order valence-electron chi connectivity index (χ2n) is 5.58. The highest BCUT2D eigenvalue weighted by atomic mass is 19.4. The summed E-state index contributed by atoms with van der Waals surface area (Å²) in [6, 6.07) is 1.63. The van der Waals surface area contributed by atoms with Crippen molar-refractivity contribution in [2.75, 3.05) is 31.6 Å². The van der Waals surface area contributed by atoms with Crippen LogP contribution in [-0.2, 0) is 11.0 Å². The van der Waals surface area contributed by atoms with E-state index in [1.165, 1.54) is 11.0 Å². The summed E-state index contributed by atoms with van der Waals surface area (Å²) in [6.07, 6.45) is -4.61. The highest BCUT2D eigenvalue weighted by molar-refractivity contribution is 5.94. The molecule has 3 amide bonds. The van der Waals surface area contributed by atoms with E-state index in [2.05, 4.69) is 10.6 Å². The largest absolute Gasteiger partial charge is 0.493 e. The van der Waals surface area contributed by atoms with Crippen LogP contribution in [0, 0.1) is 0 Å². The minimum atomic E-state index is -4.64. The summed E-state index contributed by atoms with van der Waals surface area (Å²) in [6.45, 7) is 1.75. The summed E-state index contributed by atoms with van der Waals surface area (Å²) in [7, 11) is 0. The van der Waals surface area contributed by atoms with Gasteiger partial charge in [-0.15, -0.1) is 0 Å². The first-order valence-electron chi connectivity index (χ1n) is 8.08. The molecule has 26 heavy (non-hydrogen) atoms. The zero-order valence-electron chi connectivity index (χ0n) is 14.1. The zero-order chi connectivity index (χ0) is 19.3. The summed E-state index contributed by atoms with van der Waals surface area (Å²) in [5.74, 6) is -0.739. The Morgan fingerprint density at radius 1 is 1.46 bits per heavy atom. The van der Waals surface area contributed by atoms with Crippen LogP contribution in [0.2, 0.25) is 0 Å². The van der Waals surface area contributed by atoms with E-state index >= 15 is 0 Å². The van der Waals surface area contributed by atoms with Gasteiger partial charge in [0.25, 0.3) is 0 Å². The molecule has 1 saturated heterocycles. The van der Waals surface area contributed by atoms with Crippen molar-refractivity contribution in [3.8, 4) is 5.75 Å². The van der Waals surface area contributed by atoms with E-state index in [0.717, 1.165) is 12.1 Å². The lowest BCUT2D eigenvalue weighted by Gasteiger charge is -2.34. The minimum absolute atomic E-state index is 0.0380. The summed E-state index contributed by atoms with van der Waals surface area (Å²) < 4.78 is 44.5. The Morgan fingerprint density at radius 2 is 2.19 bits per heavy atom. The zero-order valence-corrected chi connectivity index (χ0v) is 14.1. The molecule has 0 aromatic heterocycles. The van der Waals surface area contributed by atoms with Crippen LogP contribution in [0.15, 0.2) is 18.2 Å². The molecule has 1 aromatic carbocycles. The first kappa shape index (κ1) is 19.8. The number of nitrogens with zero attached hydrogens (tertiary/aromatic N) is 1. The highest BCUT2D eigenvalue weighted by Gasteiger charge is 2.36. The van der Waals surface area contributed by atoms with Gasteiger partial charge < -0.3 is 25.4 Å². The van der Waals surface area contributed by atoms with Crippen LogP contribution in [0.3, 0.4) is 0 Å². The number of urea groups is 1. The van der Waals surface area contributed by atoms with E-state index in [-0.39, 0.29) is 44.2 Å². The smallest absolute Gasteiger partial charge is 0.420 e. The fourth-order valence-electron chi connectivity index (χ4n) is 2.67. The van der Waals surface area contributed by atoms with Gasteiger partial charge in [-0.2, -0.15) is 13.2 Å². The molecule has 1 aliphatic heterocycles. The van der Waals surface area contributed by atoms with Crippen molar-refractivity contribution in [2.45, 2.75) is 25.6 Å². The van der Waals surface area contributed by atoms with Crippen LogP contribution in [0.1, 0.15) is 18.9 Å². The summed E-state index contributed by atoms with van der Waals surface area (Å²) in [4.78, 5) is 25.4. The number of alkyl halides is 3. The monoisotopic (exact) mass is 375 g/mol. The topological polar surface area (TPSA) is 90.9 Å². The van der Waals surface area contributed by atoms with Crippen molar-refractivity contribution in [2.24, 2.45) is 0 Å². The van der Waals surface area contributed by atoms with Crippen molar-refractivity contribution >= 4 is 17.6 Å². The molecule has 2 rings (SSSR count). The van der Waals surface area contributed by atoms with Crippen LogP contribution < -0.4 is 15.4 Å². The number of halogens is 3. The predicted molar refractivity (Wildman–Crippen MR) is 86.8 cm³/mol. The Bertz CT molecular complexity index is 667. The van der Waals surface area contributed by atoms with Crippen molar-refractivity contribution in [1.29, 1.82) is 0 Å². The van der Waals surface area contributed by atoms with Crippen LogP contribution in [0.25, 0.3) is 0 Å². The van der Waals surface area contributed by atoms with E-state index in [0.29, 0.717) is 0 Å². The number of hydrogen-bond acceptors (Lipinski definition) is 4. The Labute approximate surface area is 148 Å². The molecule has 1 aliphatic rings. The number of amides is 3. The molecule has 1 aromatic rings. The van der Waals surface area contributed by atoms with E-state index < -0.39 is 29.7 Å². The molecule has 0 saturated carbocycles. The lowest BCUT2D eigenvalue weighted by molar-refractivity contribution is -0.138. The van der Waals surface area contributed by atoms with Gasteiger partial charge in [0.05, 0.1) is 12.2 Å². The molecule has 0 radical (unpaired) electrons.